The van der Waals surface area contributed by atoms with Gasteiger partial charge in [0.15, 0.2) is 0 Å². The summed E-state index contributed by atoms with van der Waals surface area (Å²) in [5.41, 5.74) is 7.17. The highest BCUT2D eigenvalue weighted by Gasteiger charge is 2.11. The zero-order valence-corrected chi connectivity index (χ0v) is 19.6. The van der Waals surface area contributed by atoms with Gasteiger partial charge in [-0.25, -0.2) is 14.6 Å². The molecule has 180 valence electrons. The molecular formula is C31H22N2O4. The standard InChI is InChI=1S/C31H22N2O4/c34-30(35)23-10-6-21(7-11-23)28-18-25(19-29(33-28)22-8-12-24(13-9-22)31(36)37)20-14-16-27(17-15-20)32-26-4-2-1-3-5-26/h1-19,32H,(H,34,35)(H,36,37). The molecule has 0 aliphatic carbocycles. The molecule has 4 aromatic carbocycles. The van der Waals surface area contributed by atoms with E-state index in [-0.39, 0.29) is 11.1 Å². The average molecular weight is 487 g/mol. The van der Waals surface area contributed by atoms with Crippen LogP contribution in [0.15, 0.2) is 115 Å². The van der Waals surface area contributed by atoms with Gasteiger partial charge in [0.25, 0.3) is 0 Å². The molecule has 6 heteroatoms. The number of nitrogens with zero attached hydrogens (tertiary/aromatic N) is 1. The van der Waals surface area contributed by atoms with E-state index >= 15 is 0 Å². The largest absolute Gasteiger partial charge is 0.478 e. The van der Waals surface area contributed by atoms with Gasteiger partial charge in [0.05, 0.1) is 22.5 Å². The zero-order chi connectivity index (χ0) is 25.8. The molecule has 1 heterocycles. The second kappa shape index (κ2) is 10.2. The number of pyridine rings is 1. The fraction of sp³-hybridized carbons (Fsp3) is 0. The van der Waals surface area contributed by atoms with Crippen molar-refractivity contribution in [1.82, 2.24) is 4.98 Å². The van der Waals surface area contributed by atoms with Crippen LogP contribution >= 0.6 is 0 Å². The van der Waals surface area contributed by atoms with E-state index in [2.05, 4.69) is 5.32 Å². The number of nitrogens with one attached hydrogen (secondary N) is 1. The summed E-state index contributed by atoms with van der Waals surface area (Å²) in [5, 5.41) is 21.9. The van der Waals surface area contributed by atoms with Crippen molar-refractivity contribution in [3.8, 4) is 33.6 Å². The van der Waals surface area contributed by atoms with Crippen LogP contribution in [-0.2, 0) is 0 Å². The van der Waals surface area contributed by atoms with E-state index in [0.717, 1.165) is 33.6 Å². The van der Waals surface area contributed by atoms with Crippen LogP contribution < -0.4 is 5.32 Å². The lowest BCUT2D eigenvalue weighted by Gasteiger charge is -2.12. The normalized spacial score (nSPS) is 10.6. The van der Waals surface area contributed by atoms with Crippen molar-refractivity contribution >= 4 is 23.3 Å². The SMILES string of the molecule is O=C(O)c1ccc(-c2cc(-c3ccc(Nc4ccccc4)cc3)cc(-c3ccc(C(=O)O)cc3)n2)cc1. The van der Waals surface area contributed by atoms with Crippen molar-refractivity contribution in [2.24, 2.45) is 0 Å². The molecule has 0 radical (unpaired) electrons. The molecule has 0 saturated heterocycles. The van der Waals surface area contributed by atoms with Gasteiger partial charge in [0, 0.05) is 22.5 Å². The molecule has 1 aromatic heterocycles. The Morgan fingerprint density at radius 2 is 0.946 bits per heavy atom. The van der Waals surface area contributed by atoms with Crippen LogP contribution in [0.1, 0.15) is 20.7 Å². The first-order valence-electron chi connectivity index (χ1n) is 11.6. The number of rotatable bonds is 7. The lowest BCUT2D eigenvalue weighted by Crippen LogP contribution is -1.97. The summed E-state index contributed by atoms with van der Waals surface area (Å²) in [7, 11) is 0. The third-order valence-electron chi connectivity index (χ3n) is 5.96. The Hall–Kier alpha value is -5.23. The van der Waals surface area contributed by atoms with Gasteiger partial charge in [-0.15, -0.1) is 0 Å². The maximum Gasteiger partial charge on any atom is 0.335 e. The van der Waals surface area contributed by atoms with Gasteiger partial charge in [-0.2, -0.15) is 0 Å². The van der Waals surface area contributed by atoms with Crippen LogP contribution in [0.4, 0.5) is 11.4 Å². The minimum Gasteiger partial charge on any atom is -0.478 e. The number of para-hydroxylation sites is 1. The van der Waals surface area contributed by atoms with Gasteiger partial charge in [-0.1, -0.05) is 54.6 Å². The highest BCUT2D eigenvalue weighted by molar-refractivity contribution is 5.89. The van der Waals surface area contributed by atoms with Crippen molar-refractivity contribution in [2.75, 3.05) is 5.32 Å². The molecule has 0 aliphatic rings. The summed E-state index contributed by atoms with van der Waals surface area (Å²) in [6.45, 7) is 0. The van der Waals surface area contributed by atoms with Crippen molar-refractivity contribution in [3.63, 3.8) is 0 Å². The number of hydrogen-bond donors (Lipinski definition) is 3. The number of anilines is 2. The van der Waals surface area contributed by atoms with Crippen LogP contribution in [0.2, 0.25) is 0 Å². The molecular weight excluding hydrogens is 464 g/mol. The number of benzene rings is 4. The van der Waals surface area contributed by atoms with Gasteiger partial charge in [-0.05, 0) is 71.8 Å². The maximum absolute atomic E-state index is 11.3. The Kier molecular flexibility index (Phi) is 6.46. The van der Waals surface area contributed by atoms with E-state index in [0.29, 0.717) is 11.4 Å². The third kappa shape index (κ3) is 5.39. The predicted octanol–water partition coefficient (Wildman–Crippen LogP) is 7.22. The summed E-state index contributed by atoms with van der Waals surface area (Å²) in [6.07, 6.45) is 0. The Balaban J connectivity index is 1.54. The summed E-state index contributed by atoms with van der Waals surface area (Å²) in [5.74, 6) is -1.98. The fourth-order valence-electron chi connectivity index (χ4n) is 3.99. The number of aromatic nitrogens is 1. The van der Waals surface area contributed by atoms with Gasteiger partial charge >= 0.3 is 11.9 Å². The highest BCUT2D eigenvalue weighted by Crippen LogP contribution is 2.31. The lowest BCUT2D eigenvalue weighted by atomic mass is 9.99. The highest BCUT2D eigenvalue weighted by atomic mass is 16.4. The molecule has 0 atom stereocenters. The zero-order valence-electron chi connectivity index (χ0n) is 19.6. The number of carboxylic acid groups (broad SMARTS) is 2. The lowest BCUT2D eigenvalue weighted by molar-refractivity contribution is 0.0686. The predicted molar refractivity (Wildman–Crippen MR) is 144 cm³/mol. The van der Waals surface area contributed by atoms with Crippen molar-refractivity contribution < 1.29 is 19.8 Å². The van der Waals surface area contributed by atoms with Crippen molar-refractivity contribution in [1.29, 1.82) is 0 Å². The van der Waals surface area contributed by atoms with Crippen LogP contribution in [0.5, 0.6) is 0 Å². The van der Waals surface area contributed by atoms with Gasteiger partial charge in [0.2, 0.25) is 0 Å². The Morgan fingerprint density at radius 1 is 0.514 bits per heavy atom. The summed E-state index contributed by atoms with van der Waals surface area (Å²) >= 11 is 0. The smallest absolute Gasteiger partial charge is 0.335 e. The molecule has 0 spiro atoms. The van der Waals surface area contributed by atoms with E-state index in [1.165, 1.54) is 0 Å². The number of carboxylic acids is 2. The first-order chi connectivity index (χ1) is 18.0. The second-order valence-corrected chi connectivity index (χ2v) is 8.46. The molecule has 5 rings (SSSR count). The van der Waals surface area contributed by atoms with Gasteiger partial charge in [0.1, 0.15) is 0 Å². The fourth-order valence-corrected chi connectivity index (χ4v) is 3.99. The minimum absolute atomic E-state index is 0.200. The molecule has 0 bridgehead atoms. The summed E-state index contributed by atoms with van der Waals surface area (Å²) in [4.78, 5) is 27.4. The van der Waals surface area contributed by atoms with Crippen molar-refractivity contribution in [2.45, 2.75) is 0 Å². The number of aromatic carboxylic acids is 2. The minimum atomic E-state index is -0.989. The van der Waals surface area contributed by atoms with Crippen LogP contribution in [0.25, 0.3) is 33.6 Å². The van der Waals surface area contributed by atoms with Crippen LogP contribution in [0, 0.1) is 0 Å². The first-order valence-corrected chi connectivity index (χ1v) is 11.6. The first kappa shape index (κ1) is 23.5. The van der Waals surface area contributed by atoms with Gasteiger partial charge < -0.3 is 15.5 Å². The van der Waals surface area contributed by atoms with Gasteiger partial charge in [-0.3, -0.25) is 0 Å². The topological polar surface area (TPSA) is 99.5 Å². The summed E-state index contributed by atoms with van der Waals surface area (Å²) < 4.78 is 0. The monoisotopic (exact) mass is 486 g/mol. The number of carbonyl (C=O) groups is 2. The molecule has 0 fully saturated rings. The second-order valence-electron chi connectivity index (χ2n) is 8.46. The summed E-state index contributed by atoms with van der Waals surface area (Å²) in [6, 6.07) is 35.1. The quantitative estimate of drug-likeness (QED) is 0.225. The van der Waals surface area contributed by atoms with Crippen molar-refractivity contribution in [3.05, 3.63) is 126 Å². The molecule has 0 aliphatic heterocycles. The molecule has 0 unspecified atom stereocenters. The Labute approximate surface area is 213 Å². The number of hydrogen-bond acceptors (Lipinski definition) is 4. The Bertz CT molecular complexity index is 1490. The maximum atomic E-state index is 11.3. The van der Waals surface area contributed by atoms with E-state index in [4.69, 9.17) is 4.98 Å². The molecule has 37 heavy (non-hydrogen) atoms. The Morgan fingerprint density at radius 3 is 1.41 bits per heavy atom. The molecule has 3 N–H and O–H groups in total. The average Bonchev–Trinajstić information content (AvgIpc) is 2.94. The van der Waals surface area contributed by atoms with E-state index in [1.54, 1.807) is 48.5 Å². The molecule has 0 amide bonds. The molecule has 0 saturated carbocycles. The third-order valence-corrected chi connectivity index (χ3v) is 5.96. The van der Waals surface area contributed by atoms with E-state index in [9.17, 15) is 19.8 Å². The van der Waals surface area contributed by atoms with Crippen LogP contribution in [0.3, 0.4) is 0 Å². The molecule has 5 aromatic rings. The molecule has 6 nitrogen and oxygen atoms in total. The van der Waals surface area contributed by atoms with Crippen LogP contribution in [-0.4, -0.2) is 27.1 Å². The van der Waals surface area contributed by atoms with E-state index < -0.39 is 11.9 Å². The van der Waals surface area contributed by atoms with E-state index in [1.807, 2.05) is 66.7 Å².